The fraction of sp³-hybridized carbons (Fsp3) is 0.739. The van der Waals surface area contributed by atoms with Crippen LogP contribution in [0.15, 0.2) is 30.3 Å². The molecule has 0 saturated heterocycles. The highest BCUT2D eigenvalue weighted by Gasteiger charge is 1.91. The van der Waals surface area contributed by atoms with Crippen molar-refractivity contribution in [1.29, 1.82) is 0 Å². The van der Waals surface area contributed by atoms with Crippen molar-refractivity contribution in [2.45, 2.75) is 104 Å². The molecule has 1 aromatic rings. The van der Waals surface area contributed by atoms with Crippen molar-refractivity contribution in [3.63, 3.8) is 0 Å². The second kappa shape index (κ2) is 23.4. The van der Waals surface area contributed by atoms with E-state index < -0.39 is 0 Å². The van der Waals surface area contributed by atoms with E-state index in [2.05, 4.69) is 20.8 Å². The highest BCUT2D eigenvalue weighted by atomic mass is 32.1. The van der Waals surface area contributed by atoms with Crippen LogP contribution in [0.2, 0.25) is 0 Å². The predicted octanol–water partition coefficient (Wildman–Crippen LogP) is 8.30. The first kappa shape index (κ1) is 26.6. The van der Waals surface area contributed by atoms with Gasteiger partial charge in [-0.25, -0.2) is 0 Å². The Hall–Kier alpha value is -0.630. The van der Waals surface area contributed by atoms with Crippen molar-refractivity contribution < 1.29 is 4.74 Å². The summed E-state index contributed by atoms with van der Waals surface area (Å²) in [7, 11) is 0. The zero-order valence-corrected chi connectivity index (χ0v) is 18.2. The van der Waals surface area contributed by atoms with Gasteiger partial charge in [-0.3, -0.25) is 0 Å². The van der Waals surface area contributed by atoms with Gasteiger partial charge in [0.15, 0.2) is 0 Å². The molecule has 0 radical (unpaired) electrons. The molecule has 0 amide bonds. The monoisotopic (exact) mass is 368 g/mol. The normalized spacial score (nSPS) is 9.72. The van der Waals surface area contributed by atoms with E-state index in [9.17, 15) is 0 Å². The number of para-hydroxylation sites is 1. The summed E-state index contributed by atoms with van der Waals surface area (Å²) in [5.74, 6) is 0.980. The number of benzene rings is 1. The summed E-state index contributed by atoms with van der Waals surface area (Å²) in [6.07, 6.45) is 18.1. The molecule has 0 aliphatic carbocycles. The van der Waals surface area contributed by atoms with E-state index in [0.717, 1.165) is 18.8 Å². The maximum absolute atomic E-state index is 5.51. The van der Waals surface area contributed by atoms with Gasteiger partial charge in [-0.1, -0.05) is 116 Å². The van der Waals surface area contributed by atoms with E-state index in [1.807, 2.05) is 30.3 Å². The molecule has 0 bridgehead atoms. The van der Waals surface area contributed by atoms with Gasteiger partial charge in [0.25, 0.3) is 0 Å². The molecule has 148 valence electrons. The van der Waals surface area contributed by atoms with E-state index in [-0.39, 0.29) is 13.5 Å². The lowest BCUT2D eigenvalue weighted by Crippen LogP contribution is -1.96. The van der Waals surface area contributed by atoms with Crippen LogP contribution in [0.4, 0.5) is 0 Å². The number of hydrogen-bond donors (Lipinski definition) is 0. The smallest absolute Gasteiger partial charge is 0.119 e. The lowest BCUT2D eigenvalue weighted by Gasteiger charge is -2.04. The molecule has 2 heteroatoms. The summed E-state index contributed by atoms with van der Waals surface area (Å²) in [6.45, 7) is 7.60. The number of ether oxygens (including phenoxy) is 1. The molecule has 0 aliphatic heterocycles. The third-order valence-electron chi connectivity index (χ3n) is 4.22. The van der Waals surface area contributed by atoms with Gasteiger partial charge >= 0.3 is 0 Å². The molecule has 0 unspecified atom stereocenters. The third kappa shape index (κ3) is 21.3. The van der Waals surface area contributed by atoms with Gasteiger partial charge in [0.05, 0.1) is 6.61 Å². The molecular weight excluding hydrogens is 324 g/mol. The Morgan fingerprint density at radius 3 is 1.40 bits per heavy atom. The largest absolute Gasteiger partial charge is 0.494 e. The van der Waals surface area contributed by atoms with Gasteiger partial charge in [0, 0.05) is 0 Å². The fourth-order valence-electron chi connectivity index (χ4n) is 2.62. The molecule has 1 aromatic carbocycles. The second-order valence-electron chi connectivity index (χ2n) is 6.70. The minimum absolute atomic E-state index is 0. The average Bonchev–Trinajstić information content (AvgIpc) is 2.63. The highest BCUT2D eigenvalue weighted by molar-refractivity contribution is 7.59. The topological polar surface area (TPSA) is 9.23 Å². The van der Waals surface area contributed by atoms with E-state index >= 15 is 0 Å². The van der Waals surface area contributed by atoms with Crippen molar-refractivity contribution in [1.82, 2.24) is 0 Å². The van der Waals surface area contributed by atoms with E-state index in [1.54, 1.807) is 0 Å². The predicted molar refractivity (Wildman–Crippen MR) is 119 cm³/mol. The summed E-state index contributed by atoms with van der Waals surface area (Å²) in [6, 6.07) is 9.97. The van der Waals surface area contributed by atoms with Crippen LogP contribution in [-0.2, 0) is 0 Å². The Kier molecular flexibility index (Phi) is 24.9. The van der Waals surface area contributed by atoms with Crippen molar-refractivity contribution in [3.05, 3.63) is 30.3 Å². The van der Waals surface area contributed by atoms with Gasteiger partial charge in [-0.05, 0) is 18.6 Å². The lowest BCUT2D eigenvalue weighted by molar-refractivity contribution is 0.306. The Morgan fingerprint density at radius 1 is 0.560 bits per heavy atom. The van der Waals surface area contributed by atoms with Crippen LogP contribution in [0.25, 0.3) is 0 Å². The van der Waals surface area contributed by atoms with Crippen LogP contribution in [0.1, 0.15) is 104 Å². The Morgan fingerprint density at radius 2 is 0.960 bits per heavy atom. The van der Waals surface area contributed by atoms with Gasteiger partial charge in [-0.15, -0.1) is 0 Å². The van der Waals surface area contributed by atoms with Crippen LogP contribution >= 0.6 is 13.5 Å². The van der Waals surface area contributed by atoms with Crippen LogP contribution < -0.4 is 4.74 Å². The van der Waals surface area contributed by atoms with Crippen molar-refractivity contribution in [2.24, 2.45) is 0 Å². The first-order chi connectivity index (χ1) is 11.8. The van der Waals surface area contributed by atoms with E-state index in [1.165, 1.54) is 77.0 Å². The molecule has 0 N–H and O–H groups in total. The standard InChI is InChI=1S/C12H26.C11H16O.H2S/c1-3-5-7-9-11-12-10-8-6-4-2;1-2-3-7-10-12-11-8-5-4-6-9-11;/h3-12H2,1-2H3;4-6,8-9H,2-3,7,10H2,1H3;1H2. The first-order valence-electron chi connectivity index (χ1n) is 10.5. The first-order valence-corrected chi connectivity index (χ1v) is 10.5. The fourth-order valence-corrected chi connectivity index (χ4v) is 2.62. The van der Waals surface area contributed by atoms with Crippen LogP contribution in [-0.4, -0.2) is 6.61 Å². The molecule has 1 nitrogen and oxygen atoms in total. The van der Waals surface area contributed by atoms with Crippen molar-refractivity contribution >= 4 is 13.5 Å². The molecule has 0 saturated carbocycles. The molecule has 0 spiro atoms. The van der Waals surface area contributed by atoms with E-state index in [4.69, 9.17) is 4.74 Å². The zero-order chi connectivity index (χ0) is 17.7. The lowest BCUT2D eigenvalue weighted by atomic mass is 10.1. The zero-order valence-electron chi connectivity index (χ0n) is 17.2. The van der Waals surface area contributed by atoms with Gasteiger partial charge in [0.2, 0.25) is 0 Å². The molecule has 25 heavy (non-hydrogen) atoms. The second-order valence-corrected chi connectivity index (χ2v) is 6.70. The number of rotatable bonds is 14. The maximum atomic E-state index is 5.51. The van der Waals surface area contributed by atoms with Crippen LogP contribution in [0.5, 0.6) is 5.75 Å². The minimum Gasteiger partial charge on any atom is -0.494 e. The summed E-state index contributed by atoms with van der Waals surface area (Å²) in [5, 5.41) is 0. The number of unbranched alkanes of at least 4 members (excludes halogenated alkanes) is 11. The summed E-state index contributed by atoms with van der Waals surface area (Å²) in [4.78, 5) is 0. The van der Waals surface area contributed by atoms with E-state index in [0.29, 0.717) is 0 Å². The van der Waals surface area contributed by atoms with Crippen molar-refractivity contribution in [3.8, 4) is 5.75 Å². The molecule has 0 fully saturated rings. The summed E-state index contributed by atoms with van der Waals surface area (Å²) >= 11 is 0. The Balaban J connectivity index is 0. The Bertz CT molecular complexity index is 316. The summed E-state index contributed by atoms with van der Waals surface area (Å²) in [5.41, 5.74) is 0. The average molecular weight is 369 g/mol. The third-order valence-corrected chi connectivity index (χ3v) is 4.22. The van der Waals surface area contributed by atoms with Crippen LogP contribution in [0, 0.1) is 0 Å². The SMILES string of the molecule is CCCCCCCCCCCC.CCCCCOc1ccccc1.S. The molecule has 0 aromatic heterocycles. The van der Waals surface area contributed by atoms with Gasteiger partial charge < -0.3 is 4.74 Å². The van der Waals surface area contributed by atoms with Crippen LogP contribution in [0.3, 0.4) is 0 Å². The summed E-state index contributed by atoms with van der Waals surface area (Å²) < 4.78 is 5.51. The molecule has 0 aliphatic rings. The molecular formula is C23H44OS. The minimum atomic E-state index is 0. The van der Waals surface area contributed by atoms with Gasteiger partial charge in [-0.2, -0.15) is 13.5 Å². The van der Waals surface area contributed by atoms with Gasteiger partial charge in [0.1, 0.15) is 5.75 Å². The van der Waals surface area contributed by atoms with Crippen molar-refractivity contribution in [2.75, 3.05) is 6.61 Å². The Labute approximate surface area is 165 Å². The highest BCUT2D eigenvalue weighted by Crippen LogP contribution is 2.10. The number of hydrogen-bond acceptors (Lipinski definition) is 1. The maximum Gasteiger partial charge on any atom is 0.119 e. The molecule has 0 atom stereocenters. The molecule has 1 rings (SSSR count). The molecule has 0 heterocycles. The quantitative estimate of drug-likeness (QED) is 0.300.